The van der Waals surface area contributed by atoms with Crippen molar-refractivity contribution in [3.05, 3.63) is 58.9 Å². The molecule has 9 nitrogen and oxygen atoms in total. The van der Waals surface area contributed by atoms with E-state index in [0.29, 0.717) is 81.4 Å². The van der Waals surface area contributed by atoms with Crippen molar-refractivity contribution in [1.82, 2.24) is 15.5 Å². The molecule has 13 heteroatoms. The maximum absolute atomic E-state index is 14.3. The summed E-state index contributed by atoms with van der Waals surface area (Å²) in [6.07, 6.45) is -0.0934. The lowest BCUT2D eigenvalue weighted by Crippen LogP contribution is -2.52. The van der Waals surface area contributed by atoms with Gasteiger partial charge < -0.3 is 35.5 Å². The van der Waals surface area contributed by atoms with Crippen LogP contribution in [0.2, 0.25) is 0 Å². The third-order valence-corrected chi connectivity index (χ3v) is 9.91. The van der Waals surface area contributed by atoms with Gasteiger partial charge in [0.2, 0.25) is 0 Å². The number of nitrogens with one attached hydrogen (secondary N) is 2. The van der Waals surface area contributed by atoms with Crippen molar-refractivity contribution >= 4 is 11.7 Å². The van der Waals surface area contributed by atoms with Crippen molar-refractivity contribution < 1.29 is 36.6 Å². The molecule has 4 aliphatic heterocycles. The monoisotopic (exact) mass is 679 g/mol. The van der Waals surface area contributed by atoms with Crippen LogP contribution in [0.3, 0.4) is 0 Å². The molecular weight excluding hydrogens is 630 g/mol. The maximum atomic E-state index is 14.3. The number of allylic oxidation sites excluding steroid dienone is 1. The summed E-state index contributed by atoms with van der Waals surface area (Å²) in [4.78, 5) is 20.5. The minimum Gasteiger partial charge on any atom is -0.387 e. The van der Waals surface area contributed by atoms with Gasteiger partial charge in [0, 0.05) is 68.7 Å². The number of alkyl halides is 4. The zero-order valence-corrected chi connectivity index (χ0v) is 27.7. The van der Waals surface area contributed by atoms with Crippen LogP contribution in [0.25, 0.3) is 0 Å². The average Bonchev–Trinajstić information content (AvgIpc) is 3.10. The second-order valence-electron chi connectivity index (χ2n) is 13.3. The highest BCUT2D eigenvalue weighted by atomic mass is 19.4. The van der Waals surface area contributed by atoms with Crippen molar-refractivity contribution in [2.45, 2.75) is 94.9 Å². The summed E-state index contributed by atoms with van der Waals surface area (Å²) in [5, 5.41) is 6.75. The minimum absolute atomic E-state index is 0.0106. The van der Waals surface area contributed by atoms with Crippen molar-refractivity contribution in [3.63, 3.8) is 0 Å². The molecular formula is C35H49F4N5O4. The molecule has 4 atom stereocenters. The number of nitrogens with two attached hydrogens (primary N) is 1. The lowest BCUT2D eigenvalue weighted by atomic mass is 9.97. The molecule has 4 saturated heterocycles. The summed E-state index contributed by atoms with van der Waals surface area (Å²) >= 11 is 0. The summed E-state index contributed by atoms with van der Waals surface area (Å²) in [7, 11) is 0. The predicted molar refractivity (Wildman–Crippen MR) is 175 cm³/mol. The lowest BCUT2D eigenvalue weighted by molar-refractivity contribution is -0.137. The van der Waals surface area contributed by atoms with Gasteiger partial charge in [-0.05, 0) is 76.0 Å². The van der Waals surface area contributed by atoms with Gasteiger partial charge in [0.15, 0.2) is 0 Å². The molecule has 1 amide bonds. The molecule has 4 fully saturated rings. The zero-order chi connectivity index (χ0) is 34.3. The Morgan fingerprint density at radius 2 is 1.71 bits per heavy atom. The Morgan fingerprint density at radius 1 is 1.02 bits per heavy atom. The molecule has 0 bridgehead atoms. The van der Waals surface area contributed by atoms with Crippen molar-refractivity contribution in [2.75, 3.05) is 46.1 Å². The van der Waals surface area contributed by atoms with E-state index >= 15 is 0 Å². The molecule has 0 radical (unpaired) electrons. The quantitative estimate of drug-likeness (QED) is 0.103. The van der Waals surface area contributed by atoms with E-state index in [2.05, 4.69) is 17.2 Å². The summed E-state index contributed by atoms with van der Waals surface area (Å²) in [5.74, 6) is 0.180. The van der Waals surface area contributed by atoms with E-state index in [9.17, 15) is 22.4 Å². The second-order valence-corrected chi connectivity index (χ2v) is 13.3. The van der Waals surface area contributed by atoms with E-state index in [0.717, 1.165) is 44.2 Å². The fourth-order valence-corrected chi connectivity index (χ4v) is 6.79. The first kappa shape index (κ1) is 36.3. The Kier molecular flexibility index (Phi) is 12.6. The predicted octanol–water partition coefficient (Wildman–Crippen LogP) is 5.18. The van der Waals surface area contributed by atoms with Crippen molar-refractivity contribution in [3.8, 4) is 0 Å². The van der Waals surface area contributed by atoms with Crippen LogP contribution in [0.15, 0.2) is 52.8 Å². The number of hydrogen-bond donors (Lipinski definition) is 3. The number of hydrogen-bond acceptors (Lipinski definition) is 7. The van der Waals surface area contributed by atoms with Gasteiger partial charge in [0.05, 0.1) is 24.4 Å². The Balaban J connectivity index is 1.23. The number of ether oxygens (including phenoxy) is 3. The van der Waals surface area contributed by atoms with Crippen LogP contribution in [0, 0.1) is 5.92 Å². The van der Waals surface area contributed by atoms with Crippen LogP contribution in [0.1, 0.15) is 75.5 Å². The topological polar surface area (TPSA) is 110 Å². The molecule has 5 rings (SSSR count). The largest absolute Gasteiger partial charge is 0.416 e. The molecule has 0 aliphatic carbocycles. The number of carbonyl (C=O) groups is 1. The Bertz CT molecular complexity index is 1310. The van der Waals surface area contributed by atoms with Crippen molar-refractivity contribution in [1.29, 1.82) is 0 Å². The molecule has 1 aromatic rings. The van der Waals surface area contributed by atoms with Crippen LogP contribution in [0.4, 0.5) is 17.6 Å². The number of likely N-dealkylation sites (tertiary alicyclic amines) is 1. The molecule has 266 valence electrons. The number of benzene rings is 1. The first-order valence-electron chi connectivity index (χ1n) is 17.1. The fourth-order valence-electron chi connectivity index (χ4n) is 6.79. The number of amidine groups is 1. The van der Waals surface area contributed by atoms with E-state index in [1.54, 1.807) is 11.8 Å². The summed E-state index contributed by atoms with van der Waals surface area (Å²) in [6.45, 7) is 9.25. The third-order valence-electron chi connectivity index (χ3n) is 9.91. The van der Waals surface area contributed by atoms with Gasteiger partial charge in [0.25, 0.3) is 5.91 Å². The Hall–Kier alpha value is -3.00. The van der Waals surface area contributed by atoms with Crippen LogP contribution in [-0.4, -0.2) is 87.1 Å². The molecule has 4 aliphatic rings. The average molecular weight is 680 g/mol. The van der Waals surface area contributed by atoms with E-state index in [-0.39, 0.29) is 48.4 Å². The number of carbonyl (C=O) groups excluding carboxylic acids is 1. The molecule has 0 saturated carbocycles. The normalized spacial score (nSPS) is 27.4. The van der Waals surface area contributed by atoms with Crippen LogP contribution >= 0.6 is 0 Å². The standard InChI is InChI=1S/C35H49F4N5O4/c1-22(23(2)41-20-28-4-3-5-31(48-28)24-6-8-26(9-7-24)35(37,38)39)32(43-33(40)25-12-17-46-18-13-25)34(45)44-15-10-27(11-16-44)42-30-14-19-47-21-29(30)36/h6-9,25,27-31,41-42H,2-5,10-21H2,1H3,(H2,40,43)/b32-22-/t28-,29-,30+,31+/m1/s1. The number of rotatable bonds is 10. The van der Waals surface area contributed by atoms with Crippen molar-refractivity contribution in [2.24, 2.45) is 16.6 Å². The Labute approximate surface area is 280 Å². The molecule has 1 aromatic carbocycles. The first-order valence-corrected chi connectivity index (χ1v) is 17.1. The molecule has 4 heterocycles. The zero-order valence-electron chi connectivity index (χ0n) is 27.7. The van der Waals surface area contributed by atoms with Crippen LogP contribution < -0.4 is 16.4 Å². The molecule has 0 unspecified atom stereocenters. The molecule has 0 aromatic heterocycles. The highest BCUT2D eigenvalue weighted by molar-refractivity contribution is 5.98. The fraction of sp³-hybridized carbons (Fsp3) is 0.657. The van der Waals surface area contributed by atoms with Gasteiger partial charge in [0.1, 0.15) is 17.7 Å². The third kappa shape index (κ3) is 9.58. The van der Waals surface area contributed by atoms with Gasteiger partial charge in [-0.2, -0.15) is 13.2 Å². The smallest absolute Gasteiger partial charge is 0.387 e. The number of aliphatic imine (C=N–C) groups is 1. The summed E-state index contributed by atoms with van der Waals surface area (Å²) in [6, 6.07) is 5.02. The van der Waals surface area contributed by atoms with E-state index in [4.69, 9.17) is 24.9 Å². The number of nitrogens with zero attached hydrogens (tertiary/aromatic N) is 2. The second kappa shape index (κ2) is 16.6. The molecule has 48 heavy (non-hydrogen) atoms. The summed E-state index contributed by atoms with van der Waals surface area (Å²) < 4.78 is 70.4. The van der Waals surface area contributed by atoms with Gasteiger partial charge in [-0.15, -0.1) is 0 Å². The van der Waals surface area contributed by atoms with Gasteiger partial charge >= 0.3 is 6.18 Å². The lowest BCUT2D eigenvalue weighted by Gasteiger charge is -2.36. The molecule has 0 spiro atoms. The SMILES string of the molecule is C=C(NC[C@H]1CCC[C@@H](c2ccc(C(F)(F)F)cc2)O1)/C(C)=C(\N=C(N)C1CCOCC1)C(=O)N1CCC(N[C@H]2CCOC[C@H]2F)CC1. The van der Waals surface area contributed by atoms with E-state index < -0.39 is 17.9 Å². The van der Waals surface area contributed by atoms with Gasteiger partial charge in [-0.25, -0.2) is 9.38 Å². The van der Waals surface area contributed by atoms with E-state index in [1.807, 2.05) is 0 Å². The van der Waals surface area contributed by atoms with E-state index in [1.165, 1.54) is 12.1 Å². The first-order chi connectivity index (χ1) is 23.0. The maximum Gasteiger partial charge on any atom is 0.416 e. The van der Waals surface area contributed by atoms with Crippen LogP contribution in [0.5, 0.6) is 0 Å². The number of halogens is 4. The summed E-state index contributed by atoms with van der Waals surface area (Å²) in [5.41, 5.74) is 7.85. The molecule has 4 N–H and O–H groups in total. The van der Waals surface area contributed by atoms with Gasteiger partial charge in [-0.1, -0.05) is 18.7 Å². The Morgan fingerprint density at radius 3 is 2.38 bits per heavy atom. The number of amides is 1. The van der Waals surface area contributed by atoms with Gasteiger partial charge in [-0.3, -0.25) is 4.79 Å². The van der Waals surface area contributed by atoms with Crippen LogP contribution in [-0.2, 0) is 25.2 Å². The minimum atomic E-state index is -4.39. The highest BCUT2D eigenvalue weighted by Gasteiger charge is 2.33. The highest BCUT2D eigenvalue weighted by Crippen LogP contribution is 2.34. The number of piperidine rings is 1.